The maximum atomic E-state index is 13.4. The molecule has 0 amide bonds. The van der Waals surface area contributed by atoms with Crippen LogP contribution in [0.4, 0.5) is 14.5 Å². The lowest BCUT2D eigenvalue weighted by atomic mass is 10.1. The fourth-order valence-electron chi connectivity index (χ4n) is 1.63. The van der Waals surface area contributed by atoms with Gasteiger partial charge in [0.05, 0.1) is 0 Å². The average Bonchev–Trinajstić information content (AvgIpc) is 2.30. The first-order valence-corrected chi connectivity index (χ1v) is 5.40. The monoisotopic (exact) mass is 233 g/mol. The Labute approximate surface area is 99.1 Å². The van der Waals surface area contributed by atoms with Crippen LogP contribution in [0.3, 0.4) is 0 Å². The SMILES string of the molecule is Cc1ccccc1NCc1ccc(F)cc1F. The second-order valence-corrected chi connectivity index (χ2v) is 3.90. The van der Waals surface area contributed by atoms with Crippen molar-refractivity contribution < 1.29 is 8.78 Å². The Morgan fingerprint density at radius 3 is 2.53 bits per heavy atom. The third-order valence-electron chi connectivity index (χ3n) is 2.63. The molecule has 0 spiro atoms. The molecule has 0 aromatic heterocycles. The molecule has 2 aromatic rings. The van der Waals surface area contributed by atoms with E-state index in [1.54, 1.807) is 0 Å². The lowest BCUT2D eigenvalue weighted by Gasteiger charge is -2.09. The van der Waals surface area contributed by atoms with Crippen molar-refractivity contribution in [1.82, 2.24) is 0 Å². The predicted octanol–water partition coefficient (Wildman–Crippen LogP) is 3.89. The second kappa shape index (κ2) is 4.95. The molecule has 0 radical (unpaired) electrons. The van der Waals surface area contributed by atoms with Crippen LogP contribution in [-0.4, -0.2) is 0 Å². The van der Waals surface area contributed by atoms with Crippen molar-refractivity contribution in [3.05, 3.63) is 65.2 Å². The summed E-state index contributed by atoms with van der Waals surface area (Å²) in [6.45, 7) is 2.32. The molecule has 2 rings (SSSR count). The number of hydrogen-bond donors (Lipinski definition) is 1. The van der Waals surface area contributed by atoms with E-state index in [-0.39, 0.29) is 0 Å². The Bertz CT molecular complexity index is 523. The van der Waals surface area contributed by atoms with Crippen molar-refractivity contribution >= 4 is 5.69 Å². The number of nitrogens with one attached hydrogen (secondary N) is 1. The molecule has 0 aliphatic carbocycles. The van der Waals surface area contributed by atoms with Gasteiger partial charge in [-0.25, -0.2) is 8.78 Å². The van der Waals surface area contributed by atoms with Crippen LogP contribution in [0, 0.1) is 18.6 Å². The molecule has 1 nitrogen and oxygen atoms in total. The Morgan fingerprint density at radius 1 is 1.06 bits per heavy atom. The molecular weight excluding hydrogens is 220 g/mol. The van der Waals surface area contributed by atoms with E-state index in [1.165, 1.54) is 12.1 Å². The van der Waals surface area contributed by atoms with Gasteiger partial charge in [-0.3, -0.25) is 0 Å². The first-order valence-electron chi connectivity index (χ1n) is 5.40. The first kappa shape index (κ1) is 11.6. The van der Waals surface area contributed by atoms with Gasteiger partial charge in [0, 0.05) is 23.9 Å². The molecule has 0 fully saturated rings. The molecule has 0 heterocycles. The average molecular weight is 233 g/mol. The van der Waals surface area contributed by atoms with Crippen LogP contribution in [-0.2, 0) is 6.54 Å². The molecule has 0 bridgehead atoms. The van der Waals surface area contributed by atoms with Gasteiger partial charge in [-0.15, -0.1) is 0 Å². The summed E-state index contributed by atoms with van der Waals surface area (Å²) in [7, 11) is 0. The first-order chi connectivity index (χ1) is 8.16. The molecule has 0 aliphatic rings. The van der Waals surface area contributed by atoms with E-state index in [0.29, 0.717) is 12.1 Å². The van der Waals surface area contributed by atoms with Gasteiger partial charge in [-0.1, -0.05) is 24.3 Å². The standard InChI is InChI=1S/C14H13F2N/c1-10-4-2-3-5-14(10)17-9-11-6-7-12(15)8-13(11)16/h2-8,17H,9H2,1H3. The molecule has 17 heavy (non-hydrogen) atoms. The Hall–Kier alpha value is -1.90. The van der Waals surface area contributed by atoms with E-state index in [2.05, 4.69) is 5.32 Å². The van der Waals surface area contributed by atoms with Crippen molar-refractivity contribution in [3.8, 4) is 0 Å². The summed E-state index contributed by atoms with van der Waals surface area (Å²) in [5.41, 5.74) is 2.50. The molecule has 1 N–H and O–H groups in total. The lowest BCUT2D eigenvalue weighted by molar-refractivity contribution is 0.574. The number of rotatable bonds is 3. The lowest BCUT2D eigenvalue weighted by Crippen LogP contribution is -2.03. The zero-order chi connectivity index (χ0) is 12.3. The number of para-hydroxylation sites is 1. The maximum Gasteiger partial charge on any atom is 0.131 e. The summed E-state index contributed by atoms with van der Waals surface area (Å²) >= 11 is 0. The van der Waals surface area contributed by atoms with E-state index in [4.69, 9.17) is 0 Å². The number of halogens is 2. The fourth-order valence-corrected chi connectivity index (χ4v) is 1.63. The highest BCUT2D eigenvalue weighted by atomic mass is 19.1. The number of hydrogen-bond acceptors (Lipinski definition) is 1. The number of anilines is 1. The van der Waals surface area contributed by atoms with Crippen LogP contribution in [0.2, 0.25) is 0 Å². The Morgan fingerprint density at radius 2 is 1.82 bits per heavy atom. The van der Waals surface area contributed by atoms with Crippen molar-refractivity contribution in [2.45, 2.75) is 13.5 Å². The Kier molecular flexibility index (Phi) is 3.38. The van der Waals surface area contributed by atoms with Crippen LogP contribution in [0.25, 0.3) is 0 Å². The quantitative estimate of drug-likeness (QED) is 0.848. The van der Waals surface area contributed by atoms with E-state index >= 15 is 0 Å². The zero-order valence-corrected chi connectivity index (χ0v) is 9.50. The van der Waals surface area contributed by atoms with Crippen molar-refractivity contribution in [2.75, 3.05) is 5.32 Å². The van der Waals surface area contributed by atoms with Gasteiger partial charge in [0.15, 0.2) is 0 Å². The third kappa shape index (κ3) is 2.81. The van der Waals surface area contributed by atoms with Gasteiger partial charge in [0.1, 0.15) is 11.6 Å². The van der Waals surface area contributed by atoms with Crippen LogP contribution in [0.5, 0.6) is 0 Å². The highest BCUT2D eigenvalue weighted by Gasteiger charge is 2.04. The van der Waals surface area contributed by atoms with E-state index < -0.39 is 11.6 Å². The molecule has 0 saturated carbocycles. The third-order valence-corrected chi connectivity index (χ3v) is 2.63. The minimum Gasteiger partial charge on any atom is -0.381 e. The van der Waals surface area contributed by atoms with Gasteiger partial charge < -0.3 is 5.32 Å². The topological polar surface area (TPSA) is 12.0 Å². The highest BCUT2D eigenvalue weighted by molar-refractivity contribution is 5.50. The van der Waals surface area contributed by atoms with Gasteiger partial charge in [-0.05, 0) is 24.6 Å². The molecule has 88 valence electrons. The van der Waals surface area contributed by atoms with Crippen LogP contribution < -0.4 is 5.32 Å². The predicted molar refractivity (Wildman–Crippen MR) is 64.9 cm³/mol. The molecule has 3 heteroatoms. The minimum atomic E-state index is -0.554. The molecule has 0 aliphatic heterocycles. The molecular formula is C14H13F2N. The van der Waals surface area contributed by atoms with Crippen molar-refractivity contribution in [3.63, 3.8) is 0 Å². The van der Waals surface area contributed by atoms with Gasteiger partial charge in [-0.2, -0.15) is 0 Å². The maximum absolute atomic E-state index is 13.4. The summed E-state index contributed by atoms with van der Waals surface area (Å²) in [4.78, 5) is 0. The minimum absolute atomic E-state index is 0.344. The van der Waals surface area contributed by atoms with E-state index in [9.17, 15) is 8.78 Å². The molecule has 0 atom stereocenters. The fraction of sp³-hybridized carbons (Fsp3) is 0.143. The summed E-state index contributed by atoms with van der Waals surface area (Å²) in [5.74, 6) is -1.08. The van der Waals surface area contributed by atoms with Crippen LogP contribution >= 0.6 is 0 Å². The van der Waals surface area contributed by atoms with Crippen molar-refractivity contribution in [2.24, 2.45) is 0 Å². The molecule has 0 unspecified atom stereocenters. The largest absolute Gasteiger partial charge is 0.381 e. The summed E-state index contributed by atoms with van der Waals surface area (Å²) in [6, 6.07) is 11.4. The molecule has 2 aromatic carbocycles. The number of aryl methyl sites for hydroxylation is 1. The smallest absolute Gasteiger partial charge is 0.131 e. The second-order valence-electron chi connectivity index (χ2n) is 3.90. The van der Waals surface area contributed by atoms with Crippen LogP contribution in [0.15, 0.2) is 42.5 Å². The summed E-state index contributed by atoms with van der Waals surface area (Å²) in [5, 5.41) is 3.13. The van der Waals surface area contributed by atoms with E-state index in [0.717, 1.165) is 17.3 Å². The molecule has 0 saturated heterocycles. The number of benzene rings is 2. The van der Waals surface area contributed by atoms with Gasteiger partial charge in [0.2, 0.25) is 0 Å². The zero-order valence-electron chi connectivity index (χ0n) is 9.50. The summed E-state index contributed by atoms with van der Waals surface area (Å²) < 4.78 is 26.1. The van der Waals surface area contributed by atoms with Crippen molar-refractivity contribution in [1.29, 1.82) is 0 Å². The van der Waals surface area contributed by atoms with Gasteiger partial charge in [0.25, 0.3) is 0 Å². The van der Waals surface area contributed by atoms with E-state index in [1.807, 2.05) is 31.2 Å². The highest BCUT2D eigenvalue weighted by Crippen LogP contribution is 2.16. The normalized spacial score (nSPS) is 10.3. The van der Waals surface area contributed by atoms with Gasteiger partial charge >= 0.3 is 0 Å². The Balaban J connectivity index is 2.10. The van der Waals surface area contributed by atoms with Crippen LogP contribution in [0.1, 0.15) is 11.1 Å². The summed E-state index contributed by atoms with van der Waals surface area (Å²) in [6.07, 6.45) is 0.